The second-order valence-corrected chi connectivity index (χ2v) is 6.85. The summed E-state index contributed by atoms with van der Waals surface area (Å²) in [6, 6.07) is 16.1. The highest BCUT2D eigenvalue weighted by Gasteiger charge is 2.67. The van der Waals surface area contributed by atoms with Crippen LogP contribution in [-0.2, 0) is 11.3 Å². The van der Waals surface area contributed by atoms with Crippen LogP contribution in [0, 0.1) is 5.41 Å². The quantitative estimate of drug-likeness (QED) is 0.911. The maximum atomic E-state index is 12.0. The largest absolute Gasteiger partial charge is 0.492 e. The van der Waals surface area contributed by atoms with E-state index in [1.54, 1.807) is 0 Å². The van der Waals surface area contributed by atoms with Crippen molar-refractivity contribution in [1.29, 1.82) is 0 Å². The molecule has 2 aromatic carbocycles. The molecule has 4 rings (SSSR count). The topological polar surface area (TPSA) is 58.6 Å². The predicted molar refractivity (Wildman–Crippen MR) is 91.3 cm³/mol. The minimum absolute atomic E-state index is 0.00825. The lowest BCUT2D eigenvalue weighted by molar-refractivity contribution is -0.143. The standard InChI is InChI=1S/C20H21NO3/c1-20(19(22)23)17(13-5-3-2-4-6-13)18(20)14-7-8-16-15(11-14)12-21-9-10-24-16/h2-8,11,17-18,21H,9-10,12H2,1H3,(H,22,23)/t17-,18-,20+/m0/s1. The van der Waals surface area contributed by atoms with Gasteiger partial charge in [-0.05, 0) is 24.1 Å². The van der Waals surface area contributed by atoms with Gasteiger partial charge >= 0.3 is 5.97 Å². The van der Waals surface area contributed by atoms with Crippen molar-refractivity contribution in [2.24, 2.45) is 5.41 Å². The summed E-state index contributed by atoms with van der Waals surface area (Å²) in [5.41, 5.74) is 2.53. The van der Waals surface area contributed by atoms with Crippen LogP contribution in [0.25, 0.3) is 0 Å². The van der Waals surface area contributed by atoms with E-state index in [0.29, 0.717) is 6.61 Å². The van der Waals surface area contributed by atoms with Crippen molar-refractivity contribution in [3.63, 3.8) is 0 Å². The van der Waals surface area contributed by atoms with Crippen molar-refractivity contribution in [3.8, 4) is 5.75 Å². The first-order valence-electron chi connectivity index (χ1n) is 8.37. The number of benzene rings is 2. The van der Waals surface area contributed by atoms with Crippen LogP contribution in [0.1, 0.15) is 35.4 Å². The van der Waals surface area contributed by atoms with Crippen LogP contribution in [0.2, 0.25) is 0 Å². The second kappa shape index (κ2) is 5.64. The van der Waals surface area contributed by atoms with Gasteiger partial charge in [-0.1, -0.05) is 42.5 Å². The Morgan fingerprint density at radius 3 is 2.67 bits per heavy atom. The lowest BCUT2D eigenvalue weighted by atomic mass is 9.99. The number of carboxylic acids is 1. The summed E-state index contributed by atoms with van der Waals surface area (Å²) in [4.78, 5) is 12.0. The molecular weight excluding hydrogens is 302 g/mol. The molecule has 0 radical (unpaired) electrons. The van der Waals surface area contributed by atoms with Gasteiger partial charge in [-0.25, -0.2) is 0 Å². The van der Waals surface area contributed by atoms with Crippen molar-refractivity contribution in [1.82, 2.24) is 5.32 Å². The molecule has 1 fully saturated rings. The Labute approximate surface area is 141 Å². The Bertz CT molecular complexity index is 774. The molecular formula is C20H21NO3. The van der Waals surface area contributed by atoms with E-state index < -0.39 is 11.4 Å². The summed E-state index contributed by atoms with van der Waals surface area (Å²) in [6.45, 7) is 4.11. The van der Waals surface area contributed by atoms with E-state index in [0.717, 1.165) is 35.5 Å². The highest BCUT2D eigenvalue weighted by molar-refractivity contribution is 5.83. The van der Waals surface area contributed by atoms with Crippen molar-refractivity contribution in [3.05, 3.63) is 65.2 Å². The molecule has 124 valence electrons. The second-order valence-electron chi connectivity index (χ2n) is 6.85. The van der Waals surface area contributed by atoms with Gasteiger partial charge in [0.25, 0.3) is 0 Å². The summed E-state index contributed by atoms with van der Waals surface area (Å²) >= 11 is 0. The number of aliphatic carboxylic acids is 1. The Hall–Kier alpha value is -2.33. The number of carboxylic acid groups (broad SMARTS) is 1. The first-order chi connectivity index (χ1) is 11.6. The molecule has 2 aliphatic rings. The zero-order chi connectivity index (χ0) is 16.7. The molecule has 4 nitrogen and oxygen atoms in total. The SMILES string of the molecule is C[C@@]1(C(=O)O)[C@@H](c2ccccc2)[C@@H]1c1ccc2c(c1)CNCCO2. The van der Waals surface area contributed by atoms with Gasteiger partial charge in [-0.2, -0.15) is 0 Å². The van der Waals surface area contributed by atoms with E-state index in [1.165, 1.54) is 0 Å². The van der Waals surface area contributed by atoms with Gasteiger partial charge in [0, 0.05) is 30.5 Å². The fourth-order valence-electron chi connectivity index (χ4n) is 4.04. The number of carbonyl (C=O) groups is 1. The first kappa shape index (κ1) is 15.2. The highest BCUT2D eigenvalue weighted by atomic mass is 16.5. The smallest absolute Gasteiger partial charge is 0.310 e. The third-order valence-corrected chi connectivity index (χ3v) is 5.43. The molecule has 0 amide bonds. The number of hydrogen-bond donors (Lipinski definition) is 2. The van der Waals surface area contributed by atoms with E-state index in [2.05, 4.69) is 11.4 Å². The number of ether oxygens (including phenoxy) is 1. The third kappa shape index (κ3) is 2.29. The maximum Gasteiger partial charge on any atom is 0.310 e. The van der Waals surface area contributed by atoms with Crippen molar-refractivity contribution >= 4 is 5.97 Å². The average molecular weight is 323 g/mol. The number of hydrogen-bond acceptors (Lipinski definition) is 3. The molecule has 4 heteroatoms. The summed E-state index contributed by atoms with van der Waals surface area (Å²) in [7, 11) is 0. The molecule has 0 bridgehead atoms. The average Bonchev–Trinajstić information content (AvgIpc) is 3.29. The molecule has 1 saturated carbocycles. The molecule has 0 aromatic heterocycles. The van der Waals surface area contributed by atoms with Gasteiger partial charge in [0.15, 0.2) is 0 Å². The van der Waals surface area contributed by atoms with Crippen LogP contribution >= 0.6 is 0 Å². The zero-order valence-corrected chi connectivity index (χ0v) is 13.7. The molecule has 2 N–H and O–H groups in total. The van der Waals surface area contributed by atoms with Gasteiger partial charge in [0.1, 0.15) is 12.4 Å². The summed E-state index contributed by atoms with van der Waals surface area (Å²) in [5, 5.41) is 13.2. The molecule has 1 aliphatic carbocycles. The Balaban J connectivity index is 1.72. The molecule has 0 spiro atoms. The third-order valence-electron chi connectivity index (χ3n) is 5.43. The Morgan fingerprint density at radius 2 is 1.92 bits per heavy atom. The number of rotatable bonds is 3. The first-order valence-corrected chi connectivity index (χ1v) is 8.37. The van der Waals surface area contributed by atoms with Crippen LogP contribution in [0.15, 0.2) is 48.5 Å². The minimum atomic E-state index is -0.755. The number of nitrogens with one attached hydrogen (secondary N) is 1. The molecule has 3 atom stereocenters. The van der Waals surface area contributed by atoms with Crippen LogP contribution in [-0.4, -0.2) is 24.2 Å². The monoisotopic (exact) mass is 323 g/mol. The van der Waals surface area contributed by atoms with Crippen molar-refractivity contribution in [2.75, 3.05) is 13.2 Å². The molecule has 1 aliphatic heterocycles. The Kier molecular flexibility index (Phi) is 3.57. The van der Waals surface area contributed by atoms with Gasteiger partial charge in [0.2, 0.25) is 0 Å². The van der Waals surface area contributed by atoms with E-state index in [9.17, 15) is 9.90 Å². The van der Waals surface area contributed by atoms with E-state index in [-0.39, 0.29) is 11.8 Å². The van der Waals surface area contributed by atoms with Crippen molar-refractivity contribution < 1.29 is 14.6 Å². The molecule has 0 saturated heterocycles. The lowest BCUT2D eigenvalue weighted by Gasteiger charge is -2.10. The lowest BCUT2D eigenvalue weighted by Crippen LogP contribution is -2.16. The number of fused-ring (bicyclic) bond motifs is 1. The maximum absolute atomic E-state index is 12.0. The summed E-state index contributed by atoms with van der Waals surface area (Å²) in [6.07, 6.45) is 0. The van der Waals surface area contributed by atoms with E-state index in [4.69, 9.17) is 4.74 Å². The highest BCUT2D eigenvalue weighted by Crippen LogP contribution is 2.70. The van der Waals surface area contributed by atoms with Gasteiger partial charge in [0.05, 0.1) is 5.41 Å². The molecule has 0 unspecified atom stereocenters. The van der Waals surface area contributed by atoms with Crippen molar-refractivity contribution in [2.45, 2.75) is 25.3 Å². The fourth-order valence-corrected chi connectivity index (χ4v) is 4.04. The van der Waals surface area contributed by atoms with Crippen LogP contribution in [0.5, 0.6) is 5.75 Å². The van der Waals surface area contributed by atoms with Gasteiger partial charge in [-0.3, -0.25) is 4.79 Å². The van der Waals surface area contributed by atoms with Crippen LogP contribution in [0.4, 0.5) is 0 Å². The summed E-state index contributed by atoms with van der Waals surface area (Å²) in [5.74, 6) is 0.170. The van der Waals surface area contributed by atoms with Crippen LogP contribution < -0.4 is 10.1 Å². The normalized spacial score (nSPS) is 28.4. The van der Waals surface area contributed by atoms with Gasteiger partial charge < -0.3 is 15.2 Å². The molecule has 24 heavy (non-hydrogen) atoms. The van der Waals surface area contributed by atoms with Crippen LogP contribution in [0.3, 0.4) is 0 Å². The van der Waals surface area contributed by atoms with E-state index in [1.807, 2.05) is 49.4 Å². The summed E-state index contributed by atoms with van der Waals surface area (Å²) < 4.78 is 5.74. The molecule has 1 heterocycles. The van der Waals surface area contributed by atoms with E-state index >= 15 is 0 Å². The van der Waals surface area contributed by atoms with Gasteiger partial charge in [-0.15, -0.1) is 0 Å². The molecule has 2 aromatic rings. The Morgan fingerprint density at radius 1 is 1.17 bits per heavy atom. The predicted octanol–water partition coefficient (Wildman–Crippen LogP) is 3.14. The fraction of sp³-hybridized carbons (Fsp3) is 0.350. The zero-order valence-electron chi connectivity index (χ0n) is 13.7. The minimum Gasteiger partial charge on any atom is -0.492 e.